The molecule has 0 aliphatic carbocycles. The zero-order valence-electron chi connectivity index (χ0n) is 13.4. The Morgan fingerprint density at radius 2 is 2.08 bits per heavy atom. The lowest BCUT2D eigenvalue weighted by molar-refractivity contribution is -0.115. The largest absolute Gasteiger partial charge is 0.337 e. The molecule has 0 saturated carbocycles. The zero-order valence-corrected chi connectivity index (χ0v) is 14.9. The molecule has 1 atom stereocenters. The Hall–Kier alpha value is -1.98. The fraction of sp³-hybridized carbons (Fsp3) is 0.222. The van der Waals surface area contributed by atoms with Crippen molar-refractivity contribution in [2.24, 2.45) is 0 Å². The second-order valence-electron chi connectivity index (χ2n) is 5.75. The van der Waals surface area contributed by atoms with Crippen molar-refractivity contribution < 1.29 is 9.59 Å². The summed E-state index contributed by atoms with van der Waals surface area (Å²) in [6.07, 6.45) is 0. The van der Waals surface area contributed by atoms with Gasteiger partial charge in [0.25, 0.3) is 5.91 Å². The maximum absolute atomic E-state index is 12.6. The number of carbonyl (C=O) groups is 2. The molecule has 3 rings (SSSR count). The Balaban J connectivity index is 1.77. The van der Waals surface area contributed by atoms with Crippen LogP contribution in [0.5, 0.6) is 0 Å². The van der Waals surface area contributed by atoms with Crippen LogP contribution in [-0.2, 0) is 11.3 Å². The molecule has 0 saturated heterocycles. The summed E-state index contributed by atoms with van der Waals surface area (Å²) in [6.45, 7) is 2.33. The van der Waals surface area contributed by atoms with Crippen molar-refractivity contribution in [2.45, 2.75) is 23.6 Å². The molecule has 1 aliphatic heterocycles. The van der Waals surface area contributed by atoms with Gasteiger partial charge in [-0.3, -0.25) is 9.59 Å². The minimum atomic E-state index is -0.121. The van der Waals surface area contributed by atoms with Gasteiger partial charge in [0.15, 0.2) is 0 Å². The van der Waals surface area contributed by atoms with Crippen molar-refractivity contribution in [3.05, 3.63) is 58.6 Å². The summed E-state index contributed by atoms with van der Waals surface area (Å²) in [6, 6.07) is 12.9. The smallest absolute Gasteiger partial charge is 0.253 e. The number of carbonyl (C=O) groups excluding carboxylic acids is 2. The Kier molecular flexibility index (Phi) is 4.83. The Morgan fingerprint density at radius 3 is 2.83 bits per heavy atom. The van der Waals surface area contributed by atoms with E-state index in [1.807, 2.05) is 31.2 Å². The van der Waals surface area contributed by atoms with Crippen LogP contribution in [0.4, 0.5) is 5.69 Å². The van der Waals surface area contributed by atoms with Crippen LogP contribution in [0.3, 0.4) is 0 Å². The molecule has 2 aromatic rings. The zero-order chi connectivity index (χ0) is 17.3. The lowest BCUT2D eigenvalue weighted by Gasteiger charge is -2.23. The highest BCUT2D eigenvalue weighted by Gasteiger charge is 2.24. The summed E-state index contributed by atoms with van der Waals surface area (Å²) < 4.78 is 0. The third kappa shape index (κ3) is 3.57. The lowest BCUT2D eigenvalue weighted by atomic mass is 10.1. The van der Waals surface area contributed by atoms with Gasteiger partial charge in [0.2, 0.25) is 5.91 Å². The van der Waals surface area contributed by atoms with Gasteiger partial charge in [-0.05, 0) is 42.8 Å². The van der Waals surface area contributed by atoms with E-state index in [9.17, 15) is 9.59 Å². The molecule has 4 nitrogen and oxygen atoms in total. The molecule has 124 valence electrons. The van der Waals surface area contributed by atoms with Crippen molar-refractivity contribution >= 4 is 40.9 Å². The van der Waals surface area contributed by atoms with E-state index in [0.717, 1.165) is 10.5 Å². The topological polar surface area (TPSA) is 49.4 Å². The van der Waals surface area contributed by atoms with E-state index >= 15 is 0 Å². The molecular formula is C18H17ClN2O2S. The molecule has 6 heteroatoms. The fourth-order valence-corrected chi connectivity index (χ4v) is 3.69. The number of amides is 2. The molecule has 1 N–H and O–H groups in total. The van der Waals surface area contributed by atoms with Crippen LogP contribution < -0.4 is 5.32 Å². The number of hydrogen-bond acceptors (Lipinski definition) is 3. The number of rotatable bonds is 3. The Morgan fingerprint density at radius 1 is 1.29 bits per heavy atom. The minimum absolute atomic E-state index is 0.0376. The van der Waals surface area contributed by atoms with Crippen LogP contribution in [0.1, 0.15) is 22.8 Å². The van der Waals surface area contributed by atoms with Crippen molar-refractivity contribution in [2.75, 3.05) is 12.4 Å². The van der Waals surface area contributed by atoms with Gasteiger partial charge in [0.1, 0.15) is 0 Å². The summed E-state index contributed by atoms with van der Waals surface area (Å²) in [5.74, 6) is -0.139. The molecule has 0 spiro atoms. The first-order chi connectivity index (χ1) is 11.4. The molecule has 24 heavy (non-hydrogen) atoms. The van der Waals surface area contributed by atoms with E-state index in [0.29, 0.717) is 22.8 Å². The summed E-state index contributed by atoms with van der Waals surface area (Å²) in [4.78, 5) is 27.1. The quantitative estimate of drug-likeness (QED) is 0.898. The van der Waals surface area contributed by atoms with E-state index in [-0.39, 0.29) is 17.1 Å². The van der Waals surface area contributed by atoms with Gasteiger partial charge in [-0.15, -0.1) is 11.8 Å². The monoisotopic (exact) mass is 360 g/mol. The molecule has 0 fully saturated rings. The molecule has 2 aromatic carbocycles. The van der Waals surface area contributed by atoms with Crippen molar-refractivity contribution in [3.8, 4) is 0 Å². The van der Waals surface area contributed by atoms with Crippen LogP contribution >= 0.6 is 23.4 Å². The third-order valence-electron chi connectivity index (χ3n) is 3.81. The number of fused-ring (bicyclic) bond motifs is 1. The standard InChI is InChI=1S/C18H17ClN2O2S/c1-11-17(22)20-15-9-13(6-7-16(15)24-11)18(23)21(2)10-12-4-3-5-14(19)8-12/h3-9,11H,10H2,1-2H3,(H,20,22)/t11-/m0/s1. The Bertz CT molecular complexity index is 809. The van der Waals surface area contributed by atoms with Gasteiger partial charge >= 0.3 is 0 Å². The van der Waals surface area contributed by atoms with E-state index in [4.69, 9.17) is 11.6 Å². The van der Waals surface area contributed by atoms with Crippen molar-refractivity contribution in [3.63, 3.8) is 0 Å². The van der Waals surface area contributed by atoms with E-state index in [1.165, 1.54) is 11.8 Å². The maximum Gasteiger partial charge on any atom is 0.253 e. The van der Waals surface area contributed by atoms with Crippen molar-refractivity contribution in [1.82, 2.24) is 4.90 Å². The Labute approximate surface area is 150 Å². The van der Waals surface area contributed by atoms with Crippen LogP contribution in [0.2, 0.25) is 5.02 Å². The number of thioether (sulfide) groups is 1. The molecule has 1 heterocycles. The van der Waals surface area contributed by atoms with Crippen molar-refractivity contribution in [1.29, 1.82) is 0 Å². The normalized spacial score (nSPS) is 16.3. The average molecular weight is 361 g/mol. The number of halogens is 1. The second-order valence-corrected chi connectivity index (χ2v) is 7.57. The minimum Gasteiger partial charge on any atom is -0.337 e. The van der Waals surface area contributed by atoms with Gasteiger partial charge in [-0.25, -0.2) is 0 Å². The highest BCUT2D eigenvalue weighted by Crippen LogP contribution is 2.36. The lowest BCUT2D eigenvalue weighted by Crippen LogP contribution is -2.28. The van der Waals surface area contributed by atoms with Crippen LogP contribution in [0.15, 0.2) is 47.4 Å². The van der Waals surface area contributed by atoms with Gasteiger partial charge in [-0.1, -0.05) is 23.7 Å². The number of hydrogen-bond donors (Lipinski definition) is 1. The summed E-state index contributed by atoms with van der Waals surface area (Å²) >= 11 is 7.49. The summed E-state index contributed by atoms with van der Waals surface area (Å²) in [5.41, 5.74) is 2.22. The molecular weight excluding hydrogens is 344 g/mol. The molecule has 1 aliphatic rings. The van der Waals surface area contributed by atoms with Crippen LogP contribution in [-0.4, -0.2) is 29.0 Å². The van der Waals surface area contributed by atoms with Crippen LogP contribution in [0.25, 0.3) is 0 Å². The van der Waals surface area contributed by atoms with Gasteiger partial charge in [0.05, 0.1) is 10.9 Å². The third-order valence-corrected chi connectivity index (χ3v) is 5.23. The predicted octanol–water partition coefficient (Wildman–Crippen LogP) is 4.04. The van der Waals surface area contributed by atoms with Gasteiger partial charge < -0.3 is 10.2 Å². The van der Waals surface area contributed by atoms with Gasteiger partial charge in [-0.2, -0.15) is 0 Å². The SMILES string of the molecule is C[C@@H]1Sc2ccc(C(=O)N(C)Cc3cccc(Cl)c3)cc2NC1=O. The average Bonchev–Trinajstić information content (AvgIpc) is 2.55. The highest BCUT2D eigenvalue weighted by atomic mass is 35.5. The number of benzene rings is 2. The fourth-order valence-electron chi connectivity index (χ4n) is 2.54. The molecule has 0 aromatic heterocycles. The summed E-state index contributed by atoms with van der Waals surface area (Å²) in [7, 11) is 1.75. The van der Waals surface area contributed by atoms with E-state index in [2.05, 4.69) is 5.32 Å². The first kappa shape index (κ1) is 16.9. The molecule has 0 unspecified atom stereocenters. The maximum atomic E-state index is 12.6. The molecule has 0 bridgehead atoms. The highest BCUT2D eigenvalue weighted by molar-refractivity contribution is 8.00. The number of nitrogens with one attached hydrogen (secondary N) is 1. The second kappa shape index (κ2) is 6.87. The molecule has 2 amide bonds. The molecule has 0 radical (unpaired) electrons. The predicted molar refractivity (Wildman–Crippen MR) is 97.6 cm³/mol. The van der Waals surface area contributed by atoms with Gasteiger partial charge in [0, 0.05) is 29.1 Å². The number of nitrogens with zero attached hydrogens (tertiary/aromatic N) is 1. The first-order valence-corrected chi connectivity index (χ1v) is 8.81. The first-order valence-electron chi connectivity index (χ1n) is 7.55. The summed E-state index contributed by atoms with van der Waals surface area (Å²) in [5, 5.41) is 3.38. The van der Waals surface area contributed by atoms with E-state index < -0.39 is 0 Å². The van der Waals surface area contributed by atoms with E-state index in [1.54, 1.807) is 30.1 Å². The number of anilines is 1. The van der Waals surface area contributed by atoms with Crippen LogP contribution in [0, 0.1) is 0 Å².